The van der Waals surface area contributed by atoms with Gasteiger partial charge in [-0.3, -0.25) is 4.79 Å². The van der Waals surface area contributed by atoms with Crippen LogP contribution in [0.5, 0.6) is 11.5 Å². The SMILES string of the molecule is COc1ccc(CN(C)C(=O)COc2ccc(S(=O)(=O)N(C)C)cc2)cc1. The Balaban J connectivity index is 1.90. The summed E-state index contributed by atoms with van der Waals surface area (Å²) in [6, 6.07) is 13.5. The van der Waals surface area contributed by atoms with Crippen molar-refractivity contribution in [2.45, 2.75) is 11.4 Å². The monoisotopic (exact) mass is 392 g/mol. The first-order chi connectivity index (χ1) is 12.7. The Morgan fingerprint density at radius 3 is 2.00 bits per heavy atom. The van der Waals surface area contributed by atoms with Crippen LogP contribution in [0.25, 0.3) is 0 Å². The average molecular weight is 392 g/mol. The molecule has 0 fully saturated rings. The molecule has 0 aliphatic heterocycles. The van der Waals surface area contributed by atoms with Crippen LogP contribution in [0, 0.1) is 0 Å². The molecule has 146 valence electrons. The van der Waals surface area contributed by atoms with Gasteiger partial charge in [0.25, 0.3) is 5.91 Å². The summed E-state index contributed by atoms with van der Waals surface area (Å²) in [4.78, 5) is 14.0. The highest BCUT2D eigenvalue weighted by Gasteiger charge is 2.17. The van der Waals surface area contributed by atoms with E-state index in [9.17, 15) is 13.2 Å². The van der Waals surface area contributed by atoms with Gasteiger partial charge in [0.05, 0.1) is 12.0 Å². The molecule has 0 saturated heterocycles. The van der Waals surface area contributed by atoms with Crippen molar-refractivity contribution in [1.29, 1.82) is 0 Å². The molecule has 7 nitrogen and oxygen atoms in total. The fraction of sp³-hybridized carbons (Fsp3) is 0.316. The molecule has 0 bridgehead atoms. The second kappa shape index (κ2) is 8.88. The van der Waals surface area contributed by atoms with E-state index < -0.39 is 10.0 Å². The smallest absolute Gasteiger partial charge is 0.260 e. The maximum atomic E-state index is 12.2. The largest absolute Gasteiger partial charge is 0.497 e. The van der Waals surface area contributed by atoms with Gasteiger partial charge in [-0.15, -0.1) is 0 Å². The summed E-state index contributed by atoms with van der Waals surface area (Å²) in [5.74, 6) is 1.01. The van der Waals surface area contributed by atoms with Gasteiger partial charge in [0.1, 0.15) is 11.5 Å². The Kier molecular flexibility index (Phi) is 6.81. The molecule has 0 aliphatic rings. The van der Waals surface area contributed by atoms with Crippen LogP contribution in [0.1, 0.15) is 5.56 Å². The van der Waals surface area contributed by atoms with Gasteiger partial charge >= 0.3 is 0 Å². The number of hydrogen-bond donors (Lipinski definition) is 0. The van der Waals surface area contributed by atoms with Gasteiger partial charge in [-0.1, -0.05) is 12.1 Å². The van der Waals surface area contributed by atoms with Crippen molar-refractivity contribution < 1.29 is 22.7 Å². The summed E-state index contributed by atoms with van der Waals surface area (Å²) in [5, 5.41) is 0. The fourth-order valence-corrected chi connectivity index (χ4v) is 3.17. The van der Waals surface area contributed by atoms with Crippen LogP contribution in [0.3, 0.4) is 0 Å². The molecular formula is C19H24N2O5S. The normalized spacial score (nSPS) is 11.3. The van der Waals surface area contributed by atoms with E-state index in [1.807, 2.05) is 24.3 Å². The van der Waals surface area contributed by atoms with Crippen molar-refractivity contribution in [3.05, 3.63) is 54.1 Å². The number of sulfonamides is 1. The number of hydrogen-bond acceptors (Lipinski definition) is 5. The molecule has 27 heavy (non-hydrogen) atoms. The lowest BCUT2D eigenvalue weighted by molar-refractivity contribution is -0.132. The molecule has 0 radical (unpaired) electrons. The van der Waals surface area contributed by atoms with Gasteiger partial charge in [-0.05, 0) is 42.0 Å². The minimum Gasteiger partial charge on any atom is -0.497 e. The maximum Gasteiger partial charge on any atom is 0.260 e. The lowest BCUT2D eigenvalue weighted by Crippen LogP contribution is -2.30. The average Bonchev–Trinajstić information content (AvgIpc) is 2.66. The second-order valence-electron chi connectivity index (χ2n) is 6.15. The Morgan fingerprint density at radius 1 is 0.926 bits per heavy atom. The lowest BCUT2D eigenvalue weighted by atomic mass is 10.2. The first kappa shape index (κ1) is 20.7. The number of likely N-dealkylation sites (N-methyl/N-ethyl adjacent to an activating group) is 1. The van der Waals surface area contributed by atoms with Crippen LogP contribution in [-0.2, 0) is 21.4 Å². The number of carbonyl (C=O) groups is 1. The molecule has 0 aromatic heterocycles. The molecule has 0 atom stereocenters. The minimum absolute atomic E-state index is 0.133. The summed E-state index contributed by atoms with van der Waals surface area (Å²) in [6.07, 6.45) is 0. The van der Waals surface area contributed by atoms with Crippen molar-refractivity contribution in [3.63, 3.8) is 0 Å². The summed E-state index contributed by atoms with van der Waals surface area (Å²) in [7, 11) is 2.75. The molecule has 2 aromatic carbocycles. The summed E-state index contributed by atoms with van der Waals surface area (Å²) >= 11 is 0. The van der Waals surface area contributed by atoms with Crippen LogP contribution < -0.4 is 9.47 Å². The number of amides is 1. The molecule has 2 aromatic rings. The van der Waals surface area contributed by atoms with E-state index in [1.54, 1.807) is 19.1 Å². The van der Waals surface area contributed by atoms with E-state index in [1.165, 1.54) is 38.4 Å². The van der Waals surface area contributed by atoms with Crippen LogP contribution in [0.4, 0.5) is 0 Å². The van der Waals surface area contributed by atoms with Gasteiger partial charge in [-0.2, -0.15) is 0 Å². The number of nitrogens with zero attached hydrogens (tertiary/aromatic N) is 2. The van der Waals surface area contributed by atoms with E-state index in [0.29, 0.717) is 12.3 Å². The van der Waals surface area contributed by atoms with E-state index in [4.69, 9.17) is 9.47 Å². The van der Waals surface area contributed by atoms with Gasteiger partial charge in [0.15, 0.2) is 6.61 Å². The number of methoxy groups -OCH3 is 1. The van der Waals surface area contributed by atoms with E-state index in [2.05, 4.69) is 0 Å². The zero-order valence-electron chi connectivity index (χ0n) is 15.9. The molecule has 8 heteroatoms. The fourth-order valence-electron chi connectivity index (χ4n) is 2.27. The highest BCUT2D eigenvalue weighted by atomic mass is 32.2. The first-order valence-corrected chi connectivity index (χ1v) is 9.70. The predicted octanol–water partition coefficient (Wildman–Crippen LogP) is 1.98. The van der Waals surface area contributed by atoms with Crippen LogP contribution in [-0.4, -0.2) is 58.4 Å². The Hall–Kier alpha value is -2.58. The minimum atomic E-state index is -3.48. The van der Waals surface area contributed by atoms with Gasteiger partial charge < -0.3 is 14.4 Å². The maximum absolute atomic E-state index is 12.2. The third kappa shape index (κ3) is 5.45. The van der Waals surface area contributed by atoms with Crippen molar-refractivity contribution >= 4 is 15.9 Å². The van der Waals surface area contributed by atoms with Crippen molar-refractivity contribution in [3.8, 4) is 11.5 Å². The van der Waals surface area contributed by atoms with Crippen molar-refractivity contribution in [2.24, 2.45) is 0 Å². The molecule has 0 N–H and O–H groups in total. The number of rotatable bonds is 8. The standard InChI is InChI=1S/C19H24N2O5S/c1-20(2)27(23,24)18-11-9-17(10-12-18)26-14-19(22)21(3)13-15-5-7-16(25-4)8-6-15/h5-12H,13-14H2,1-4H3. The van der Waals surface area contributed by atoms with Gasteiger partial charge in [0.2, 0.25) is 10.0 Å². The zero-order chi connectivity index (χ0) is 20.0. The predicted molar refractivity (Wildman–Crippen MR) is 102 cm³/mol. The molecule has 0 spiro atoms. The van der Waals surface area contributed by atoms with Gasteiger partial charge in [0, 0.05) is 27.7 Å². The van der Waals surface area contributed by atoms with E-state index >= 15 is 0 Å². The van der Waals surface area contributed by atoms with Crippen molar-refractivity contribution in [1.82, 2.24) is 9.21 Å². The third-order valence-electron chi connectivity index (χ3n) is 3.97. The Morgan fingerprint density at radius 2 is 1.48 bits per heavy atom. The highest BCUT2D eigenvalue weighted by Crippen LogP contribution is 2.18. The molecule has 1 amide bonds. The molecule has 0 unspecified atom stereocenters. The summed E-state index contributed by atoms with van der Waals surface area (Å²) in [6.45, 7) is 0.318. The quantitative estimate of drug-likeness (QED) is 0.687. The highest BCUT2D eigenvalue weighted by molar-refractivity contribution is 7.89. The Bertz CT molecular complexity index is 862. The van der Waals surface area contributed by atoms with Crippen molar-refractivity contribution in [2.75, 3.05) is 34.9 Å². The lowest BCUT2D eigenvalue weighted by Gasteiger charge is -2.18. The Labute approximate surface area is 160 Å². The zero-order valence-corrected chi connectivity index (χ0v) is 16.7. The molecule has 2 rings (SSSR count). The number of ether oxygens (including phenoxy) is 2. The summed E-state index contributed by atoms with van der Waals surface area (Å²) < 4.78 is 35.8. The van der Waals surface area contributed by atoms with E-state index in [-0.39, 0.29) is 17.4 Å². The molecule has 0 saturated carbocycles. The van der Waals surface area contributed by atoms with Crippen LogP contribution in [0.2, 0.25) is 0 Å². The molecular weight excluding hydrogens is 368 g/mol. The van der Waals surface area contributed by atoms with Gasteiger partial charge in [-0.25, -0.2) is 12.7 Å². The number of benzene rings is 2. The van der Waals surface area contributed by atoms with Crippen LogP contribution >= 0.6 is 0 Å². The second-order valence-corrected chi connectivity index (χ2v) is 8.30. The topological polar surface area (TPSA) is 76.1 Å². The van der Waals surface area contributed by atoms with E-state index in [0.717, 1.165) is 15.6 Å². The number of carbonyl (C=O) groups excluding carboxylic acids is 1. The third-order valence-corrected chi connectivity index (χ3v) is 5.80. The summed E-state index contributed by atoms with van der Waals surface area (Å²) in [5.41, 5.74) is 0.977. The molecule has 0 heterocycles. The first-order valence-electron chi connectivity index (χ1n) is 8.26. The van der Waals surface area contributed by atoms with Crippen LogP contribution in [0.15, 0.2) is 53.4 Å². The molecule has 0 aliphatic carbocycles.